The fraction of sp³-hybridized carbons (Fsp3) is 0.125. The van der Waals surface area contributed by atoms with Gasteiger partial charge in [-0.3, -0.25) is 9.59 Å². The van der Waals surface area contributed by atoms with E-state index in [1.54, 1.807) is 11.3 Å². The van der Waals surface area contributed by atoms with Gasteiger partial charge in [0.05, 0.1) is 11.2 Å². The summed E-state index contributed by atoms with van der Waals surface area (Å²) in [6.07, 6.45) is 0.685. The van der Waals surface area contributed by atoms with Crippen LogP contribution in [0.4, 0.5) is 0 Å². The highest BCUT2D eigenvalue weighted by Crippen LogP contribution is 2.25. The monoisotopic (exact) mass is 326 g/mol. The summed E-state index contributed by atoms with van der Waals surface area (Å²) in [4.78, 5) is 28.4. The smallest absolute Gasteiger partial charge is 0.271 e. The Morgan fingerprint density at radius 2 is 2.00 bits per heavy atom. The standard InChI is InChI=1S/C16H14N4O2S/c21-14-7-6-12(19-20-14)16(22)17-9-8-13-15(18-10-23-13)11-4-2-1-3-5-11/h1-7,10H,8-9H2,(H,17,22)(H,20,21). The van der Waals surface area contributed by atoms with Crippen LogP contribution in [0.3, 0.4) is 0 Å². The van der Waals surface area contributed by atoms with Gasteiger partial charge in [-0.25, -0.2) is 10.1 Å². The molecule has 0 aliphatic heterocycles. The Morgan fingerprint density at radius 3 is 2.74 bits per heavy atom. The van der Waals surface area contributed by atoms with E-state index in [-0.39, 0.29) is 17.2 Å². The maximum absolute atomic E-state index is 11.9. The number of nitrogens with zero attached hydrogens (tertiary/aromatic N) is 2. The first kappa shape index (κ1) is 15.1. The Bertz CT molecular complexity index is 837. The summed E-state index contributed by atoms with van der Waals surface area (Å²) in [6, 6.07) is 12.6. The van der Waals surface area contributed by atoms with Crippen molar-refractivity contribution in [1.82, 2.24) is 20.5 Å². The van der Waals surface area contributed by atoms with Gasteiger partial charge >= 0.3 is 0 Å². The topological polar surface area (TPSA) is 87.7 Å². The summed E-state index contributed by atoms with van der Waals surface area (Å²) in [5, 5.41) is 8.73. The molecular weight excluding hydrogens is 312 g/mol. The summed E-state index contributed by atoms with van der Waals surface area (Å²) < 4.78 is 0. The third-order valence-corrected chi connectivity index (χ3v) is 4.13. The fourth-order valence-electron chi connectivity index (χ4n) is 2.13. The Balaban J connectivity index is 1.61. The number of aromatic nitrogens is 3. The minimum atomic E-state index is -0.335. The van der Waals surface area contributed by atoms with Gasteiger partial charge in [0.25, 0.3) is 11.5 Å². The molecule has 2 heterocycles. The summed E-state index contributed by atoms with van der Waals surface area (Å²) in [7, 11) is 0. The van der Waals surface area contributed by atoms with E-state index in [0.29, 0.717) is 13.0 Å². The predicted octanol–water partition coefficient (Wildman–Crippen LogP) is 1.87. The first-order valence-electron chi connectivity index (χ1n) is 7.06. The molecule has 0 spiro atoms. The molecule has 2 N–H and O–H groups in total. The Labute approximate surface area is 136 Å². The molecule has 6 nitrogen and oxygen atoms in total. The summed E-state index contributed by atoms with van der Waals surface area (Å²) in [6.45, 7) is 0.474. The number of carbonyl (C=O) groups is 1. The van der Waals surface area contributed by atoms with Gasteiger partial charge < -0.3 is 5.32 Å². The van der Waals surface area contributed by atoms with E-state index in [2.05, 4.69) is 20.5 Å². The van der Waals surface area contributed by atoms with Crippen LogP contribution in [0, 0.1) is 0 Å². The molecule has 2 aromatic heterocycles. The third-order valence-electron chi connectivity index (χ3n) is 3.24. The van der Waals surface area contributed by atoms with Crippen LogP contribution in [0.2, 0.25) is 0 Å². The summed E-state index contributed by atoms with van der Waals surface area (Å²) >= 11 is 1.57. The van der Waals surface area contributed by atoms with Gasteiger partial charge in [-0.2, -0.15) is 5.10 Å². The average molecular weight is 326 g/mol. The molecule has 0 aliphatic rings. The molecule has 0 saturated heterocycles. The van der Waals surface area contributed by atoms with E-state index in [0.717, 1.165) is 16.1 Å². The minimum Gasteiger partial charge on any atom is -0.350 e. The predicted molar refractivity (Wildman–Crippen MR) is 88.4 cm³/mol. The summed E-state index contributed by atoms with van der Waals surface area (Å²) in [5.74, 6) is -0.313. The first-order chi connectivity index (χ1) is 11.2. The normalized spacial score (nSPS) is 10.4. The number of amides is 1. The van der Waals surface area contributed by atoms with Crippen LogP contribution >= 0.6 is 11.3 Å². The van der Waals surface area contributed by atoms with Gasteiger partial charge in [0.1, 0.15) is 5.69 Å². The maximum Gasteiger partial charge on any atom is 0.271 e. The molecule has 23 heavy (non-hydrogen) atoms. The van der Waals surface area contributed by atoms with Crippen LogP contribution in [-0.4, -0.2) is 27.6 Å². The molecule has 0 atom stereocenters. The van der Waals surface area contributed by atoms with Gasteiger partial charge in [0.2, 0.25) is 0 Å². The first-order valence-corrected chi connectivity index (χ1v) is 7.94. The highest BCUT2D eigenvalue weighted by molar-refractivity contribution is 7.10. The van der Waals surface area contributed by atoms with Gasteiger partial charge in [0, 0.05) is 29.5 Å². The SMILES string of the molecule is O=C(NCCc1scnc1-c1ccccc1)c1ccc(=O)[nH]n1. The molecule has 0 aliphatic carbocycles. The number of carbonyl (C=O) groups excluding carboxylic acids is 1. The average Bonchev–Trinajstić information content (AvgIpc) is 3.05. The van der Waals surface area contributed by atoms with Crippen LogP contribution < -0.4 is 10.9 Å². The highest BCUT2D eigenvalue weighted by Gasteiger charge is 2.10. The van der Waals surface area contributed by atoms with Crippen molar-refractivity contribution in [3.8, 4) is 11.3 Å². The number of rotatable bonds is 5. The number of H-pyrrole nitrogens is 1. The van der Waals surface area contributed by atoms with Gasteiger partial charge in [-0.1, -0.05) is 30.3 Å². The van der Waals surface area contributed by atoms with E-state index in [4.69, 9.17) is 0 Å². The van der Waals surface area contributed by atoms with E-state index >= 15 is 0 Å². The molecule has 0 saturated carbocycles. The Kier molecular flexibility index (Phi) is 4.58. The lowest BCUT2D eigenvalue weighted by molar-refractivity contribution is 0.0948. The lowest BCUT2D eigenvalue weighted by Gasteiger charge is -2.05. The lowest BCUT2D eigenvalue weighted by atomic mass is 10.1. The Morgan fingerprint density at radius 1 is 1.17 bits per heavy atom. The molecule has 0 unspecified atom stereocenters. The number of benzene rings is 1. The second-order valence-electron chi connectivity index (χ2n) is 4.80. The fourth-order valence-corrected chi connectivity index (χ4v) is 2.92. The molecule has 3 aromatic rings. The summed E-state index contributed by atoms with van der Waals surface area (Å²) in [5.41, 5.74) is 3.68. The second kappa shape index (κ2) is 6.97. The second-order valence-corrected chi connectivity index (χ2v) is 5.74. The maximum atomic E-state index is 11.9. The zero-order valence-electron chi connectivity index (χ0n) is 12.2. The zero-order chi connectivity index (χ0) is 16.1. The van der Waals surface area contributed by atoms with Crippen LogP contribution in [0.1, 0.15) is 15.4 Å². The molecule has 1 amide bonds. The van der Waals surface area contributed by atoms with Crippen molar-refractivity contribution in [1.29, 1.82) is 0 Å². The molecule has 116 valence electrons. The number of thiazole rings is 1. The third kappa shape index (κ3) is 3.70. The highest BCUT2D eigenvalue weighted by atomic mass is 32.1. The number of nitrogens with one attached hydrogen (secondary N) is 2. The molecule has 7 heteroatoms. The van der Waals surface area contributed by atoms with Crippen LogP contribution in [-0.2, 0) is 6.42 Å². The largest absolute Gasteiger partial charge is 0.350 e. The Hall–Kier alpha value is -2.80. The van der Waals surface area contributed by atoms with E-state index in [9.17, 15) is 9.59 Å². The number of aromatic amines is 1. The van der Waals surface area contributed by atoms with Crippen molar-refractivity contribution in [2.45, 2.75) is 6.42 Å². The van der Waals surface area contributed by atoms with Gasteiger partial charge in [0.15, 0.2) is 0 Å². The lowest BCUT2D eigenvalue weighted by Crippen LogP contribution is -2.27. The molecule has 1 aromatic carbocycles. The van der Waals surface area contributed by atoms with Crippen LogP contribution in [0.15, 0.2) is 52.8 Å². The minimum absolute atomic E-state index is 0.192. The molecule has 3 rings (SSSR count). The zero-order valence-corrected chi connectivity index (χ0v) is 13.0. The van der Waals surface area contributed by atoms with Gasteiger partial charge in [-0.05, 0) is 6.07 Å². The van der Waals surface area contributed by atoms with Crippen molar-refractivity contribution >= 4 is 17.2 Å². The number of hydrogen-bond acceptors (Lipinski definition) is 5. The van der Waals surface area contributed by atoms with Crippen LogP contribution in [0.5, 0.6) is 0 Å². The molecule has 0 radical (unpaired) electrons. The molecular formula is C16H14N4O2S. The molecule has 0 fully saturated rings. The van der Waals surface area contributed by atoms with Crippen molar-refractivity contribution < 1.29 is 4.79 Å². The molecule has 0 bridgehead atoms. The van der Waals surface area contributed by atoms with Crippen molar-refractivity contribution in [3.05, 3.63) is 68.9 Å². The van der Waals surface area contributed by atoms with Crippen molar-refractivity contribution in [2.75, 3.05) is 6.54 Å². The van der Waals surface area contributed by atoms with Crippen LogP contribution in [0.25, 0.3) is 11.3 Å². The van der Waals surface area contributed by atoms with Crippen molar-refractivity contribution in [3.63, 3.8) is 0 Å². The van der Waals surface area contributed by atoms with E-state index in [1.807, 2.05) is 35.8 Å². The number of hydrogen-bond donors (Lipinski definition) is 2. The van der Waals surface area contributed by atoms with Gasteiger partial charge in [-0.15, -0.1) is 11.3 Å². The van der Waals surface area contributed by atoms with E-state index < -0.39 is 0 Å². The van der Waals surface area contributed by atoms with E-state index in [1.165, 1.54) is 12.1 Å². The van der Waals surface area contributed by atoms with Crippen molar-refractivity contribution in [2.24, 2.45) is 0 Å². The quantitative estimate of drug-likeness (QED) is 0.749.